The quantitative estimate of drug-likeness (QED) is 0.661. The van der Waals surface area contributed by atoms with Crippen molar-refractivity contribution in [2.75, 3.05) is 27.7 Å². The summed E-state index contributed by atoms with van der Waals surface area (Å²) in [6.07, 6.45) is 0.598. The third kappa shape index (κ3) is 4.88. The van der Waals surface area contributed by atoms with Crippen molar-refractivity contribution in [2.24, 2.45) is 0 Å². The van der Waals surface area contributed by atoms with E-state index in [0.717, 1.165) is 6.54 Å². The van der Waals surface area contributed by atoms with Crippen molar-refractivity contribution in [1.29, 1.82) is 0 Å². The molecular weight excluding hydrogens is 164 g/mol. The molecule has 0 saturated heterocycles. The average molecular weight is 186 g/mol. The third-order valence-electron chi connectivity index (χ3n) is 2.31. The molecule has 13 heavy (non-hydrogen) atoms. The van der Waals surface area contributed by atoms with E-state index in [-0.39, 0.29) is 11.4 Å². The van der Waals surface area contributed by atoms with Crippen molar-refractivity contribution in [2.45, 2.75) is 32.7 Å². The molecule has 0 atom stereocenters. The van der Waals surface area contributed by atoms with Gasteiger partial charge >= 0.3 is 0 Å². The third-order valence-corrected chi connectivity index (χ3v) is 2.31. The van der Waals surface area contributed by atoms with Gasteiger partial charge in [0.25, 0.3) is 0 Å². The number of hydrogen-bond donors (Lipinski definition) is 0. The molecule has 0 aliphatic rings. The van der Waals surface area contributed by atoms with Crippen molar-refractivity contribution >= 4 is 5.91 Å². The van der Waals surface area contributed by atoms with Crippen LogP contribution >= 0.6 is 0 Å². The topological polar surface area (TPSA) is 23.6 Å². The van der Waals surface area contributed by atoms with Crippen LogP contribution in [0.1, 0.15) is 27.2 Å². The highest BCUT2D eigenvalue weighted by Crippen LogP contribution is 2.10. The molecule has 0 rings (SSSR count). The van der Waals surface area contributed by atoms with Crippen LogP contribution < -0.4 is 0 Å². The minimum absolute atomic E-state index is 0.145. The Morgan fingerprint density at radius 3 is 1.92 bits per heavy atom. The van der Waals surface area contributed by atoms with Crippen molar-refractivity contribution in [3.8, 4) is 0 Å². The van der Waals surface area contributed by atoms with Crippen LogP contribution in [0.3, 0.4) is 0 Å². The van der Waals surface area contributed by atoms with Crippen LogP contribution in [-0.4, -0.2) is 48.9 Å². The molecule has 0 fully saturated rings. The van der Waals surface area contributed by atoms with Gasteiger partial charge in [0, 0.05) is 32.6 Å². The van der Waals surface area contributed by atoms with Gasteiger partial charge in [0.05, 0.1) is 0 Å². The predicted molar refractivity (Wildman–Crippen MR) is 55.7 cm³/mol. The van der Waals surface area contributed by atoms with Crippen molar-refractivity contribution in [1.82, 2.24) is 9.80 Å². The maximum atomic E-state index is 11.3. The summed E-state index contributed by atoms with van der Waals surface area (Å²) in [6.45, 7) is 7.26. The molecule has 0 spiro atoms. The Labute approximate surface area is 81.7 Å². The molecule has 1 amide bonds. The molecule has 0 aromatic carbocycles. The first-order valence-corrected chi connectivity index (χ1v) is 4.66. The molecule has 0 saturated carbocycles. The summed E-state index contributed by atoms with van der Waals surface area (Å²) in [4.78, 5) is 15.1. The fourth-order valence-electron chi connectivity index (χ4n) is 0.822. The van der Waals surface area contributed by atoms with Crippen LogP contribution in [0.4, 0.5) is 0 Å². The lowest BCUT2D eigenvalue weighted by atomic mass is 10.1. The second kappa shape index (κ2) is 4.61. The van der Waals surface area contributed by atoms with E-state index in [9.17, 15) is 4.79 Å². The lowest BCUT2D eigenvalue weighted by molar-refractivity contribution is -0.129. The van der Waals surface area contributed by atoms with Gasteiger partial charge in [-0.3, -0.25) is 4.79 Å². The van der Waals surface area contributed by atoms with Gasteiger partial charge in [-0.05, 0) is 27.8 Å². The number of carbonyl (C=O) groups excluding carboxylic acids is 1. The molecule has 3 heteroatoms. The van der Waals surface area contributed by atoms with E-state index in [1.807, 2.05) is 7.05 Å². The summed E-state index contributed by atoms with van der Waals surface area (Å²) in [5, 5.41) is 0. The summed E-state index contributed by atoms with van der Waals surface area (Å²) < 4.78 is 0. The minimum Gasteiger partial charge on any atom is -0.349 e. The summed E-state index contributed by atoms with van der Waals surface area (Å²) >= 11 is 0. The summed E-state index contributed by atoms with van der Waals surface area (Å²) in [5.74, 6) is 0.191. The van der Waals surface area contributed by atoms with Crippen molar-refractivity contribution < 1.29 is 4.79 Å². The lowest BCUT2D eigenvalue weighted by Gasteiger charge is -2.31. The fraction of sp³-hybridized carbons (Fsp3) is 0.900. The molecule has 0 aromatic heterocycles. The summed E-state index contributed by atoms with van der Waals surface area (Å²) in [7, 11) is 5.63. The highest BCUT2D eigenvalue weighted by atomic mass is 16.2. The van der Waals surface area contributed by atoms with Crippen LogP contribution in [0.15, 0.2) is 0 Å². The van der Waals surface area contributed by atoms with Gasteiger partial charge in [0.1, 0.15) is 0 Å². The SMILES string of the molecule is CN(C)C(=O)CCN(C)C(C)(C)C. The second-order valence-corrected chi connectivity index (χ2v) is 4.63. The molecule has 0 aliphatic carbocycles. The smallest absolute Gasteiger partial charge is 0.223 e. The first-order chi connectivity index (χ1) is 5.75. The number of carbonyl (C=O) groups is 1. The van der Waals surface area contributed by atoms with Crippen LogP contribution in [0.5, 0.6) is 0 Å². The van der Waals surface area contributed by atoms with Crippen molar-refractivity contribution in [3.63, 3.8) is 0 Å². The highest BCUT2D eigenvalue weighted by molar-refractivity contribution is 5.75. The standard InChI is InChI=1S/C10H22N2O/c1-10(2,3)12(6)8-7-9(13)11(4)5/h7-8H2,1-6H3. The zero-order valence-electron chi connectivity index (χ0n) is 9.72. The van der Waals surface area contributed by atoms with Crippen LogP contribution in [0.25, 0.3) is 0 Å². The van der Waals surface area contributed by atoms with Gasteiger partial charge in [-0.1, -0.05) is 0 Å². The molecule has 0 aliphatic heterocycles. The molecule has 0 aromatic rings. The lowest BCUT2D eigenvalue weighted by Crippen LogP contribution is -2.40. The number of rotatable bonds is 3. The second-order valence-electron chi connectivity index (χ2n) is 4.63. The van der Waals surface area contributed by atoms with Gasteiger partial charge in [-0.2, -0.15) is 0 Å². The largest absolute Gasteiger partial charge is 0.349 e. The minimum atomic E-state index is 0.145. The van der Waals surface area contributed by atoms with Gasteiger partial charge in [0.15, 0.2) is 0 Å². The van der Waals surface area contributed by atoms with E-state index < -0.39 is 0 Å². The van der Waals surface area contributed by atoms with E-state index in [1.54, 1.807) is 19.0 Å². The zero-order chi connectivity index (χ0) is 10.6. The number of hydrogen-bond acceptors (Lipinski definition) is 2. The maximum absolute atomic E-state index is 11.3. The van der Waals surface area contributed by atoms with E-state index >= 15 is 0 Å². The average Bonchev–Trinajstić information content (AvgIpc) is 1.97. The molecule has 0 N–H and O–H groups in total. The zero-order valence-corrected chi connectivity index (χ0v) is 9.72. The predicted octanol–water partition coefficient (Wildman–Crippen LogP) is 1.19. The van der Waals surface area contributed by atoms with Crippen LogP contribution in [0.2, 0.25) is 0 Å². The van der Waals surface area contributed by atoms with Gasteiger partial charge < -0.3 is 9.80 Å². The van der Waals surface area contributed by atoms with E-state index in [2.05, 4.69) is 25.7 Å². The maximum Gasteiger partial charge on any atom is 0.223 e. The Morgan fingerprint density at radius 1 is 1.15 bits per heavy atom. The summed E-state index contributed by atoms with van der Waals surface area (Å²) in [6, 6.07) is 0. The normalized spacial score (nSPS) is 11.9. The van der Waals surface area contributed by atoms with Crippen LogP contribution in [0, 0.1) is 0 Å². The van der Waals surface area contributed by atoms with E-state index in [0.29, 0.717) is 6.42 Å². The van der Waals surface area contributed by atoms with Gasteiger partial charge in [0.2, 0.25) is 5.91 Å². The van der Waals surface area contributed by atoms with Gasteiger partial charge in [-0.15, -0.1) is 0 Å². The monoisotopic (exact) mass is 186 g/mol. The summed E-state index contributed by atoms with van der Waals surface area (Å²) in [5.41, 5.74) is 0.145. The van der Waals surface area contributed by atoms with Crippen LogP contribution in [-0.2, 0) is 4.79 Å². The van der Waals surface area contributed by atoms with E-state index in [1.165, 1.54) is 0 Å². The van der Waals surface area contributed by atoms with Crippen molar-refractivity contribution in [3.05, 3.63) is 0 Å². The molecule has 0 unspecified atom stereocenters. The Kier molecular flexibility index (Phi) is 4.40. The molecule has 0 bridgehead atoms. The Balaban J connectivity index is 3.84. The fourth-order valence-corrected chi connectivity index (χ4v) is 0.822. The number of nitrogens with zero attached hydrogens (tertiary/aromatic N) is 2. The molecule has 0 heterocycles. The number of amides is 1. The first-order valence-electron chi connectivity index (χ1n) is 4.66. The van der Waals surface area contributed by atoms with E-state index in [4.69, 9.17) is 0 Å². The van der Waals surface area contributed by atoms with Gasteiger partial charge in [-0.25, -0.2) is 0 Å². The highest BCUT2D eigenvalue weighted by Gasteiger charge is 2.17. The molecule has 78 valence electrons. The first kappa shape index (κ1) is 12.4. The molecular formula is C10H22N2O. The Bertz CT molecular complexity index is 170. The molecule has 3 nitrogen and oxygen atoms in total. The Hall–Kier alpha value is -0.570. The Morgan fingerprint density at radius 2 is 1.62 bits per heavy atom. The molecule has 0 radical (unpaired) electrons.